The molecule has 3 rings (SSSR count). The lowest BCUT2D eigenvalue weighted by Crippen LogP contribution is -2.47. The summed E-state index contributed by atoms with van der Waals surface area (Å²) in [7, 11) is 1.52. The second-order valence-electron chi connectivity index (χ2n) is 6.76. The van der Waals surface area contributed by atoms with Crippen molar-refractivity contribution in [2.75, 3.05) is 19.0 Å². The number of carbonyl (C=O) groups excluding carboxylic acids is 2. The molecular formula is C17H24N4O3. The fraction of sp³-hybridized carbons (Fsp3) is 0.529. The van der Waals surface area contributed by atoms with Gasteiger partial charge in [0.1, 0.15) is 5.75 Å². The minimum atomic E-state index is -0.541. The number of nitrogens with two attached hydrogens (primary N) is 1. The Labute approximate surface area is 141 Å². The quantitative estimate of drug-likeness (QED) is 0.655. The standard InChI is InChI=1S/C17H24N4O3/c1-9-5-11-8-19-21-15(11)12(6-9)17(23)20-13-7-10(16(18)22)3-4-14(13)24-2/h3-4,7,9,11-12,15,19,21H,5-6,8H2,1-2H3,(H2,18,22)(H,20,23). The fourth-order valence-corrected chi connectivity index (χ4v) is 3.86. The highest BCUT2D eigenvalue weighted by atomic mass is 16.5. The maximum Gasteiger partial charge on any atom is 0.248 e. The summed E-state index contributed by atoms with van der Waals surface area (Å²) >= 11 is 0. The molecule has 5 N–H and O–H groups in total. The Balaban J connectivity index is 1.81. The molecule has 1 aromatic rings. The van der Waals surface area contributed by atoms with E-state index in [0.717, 1.165) is 19.4 Å². The van der Waals surface area contributed by atoms with Crippen molar-refractivity contribution < 1.29 is 14.3 Å². The molecule has 2 fully saturated rings. The Morgan fingerprint density at radius 3 is 2.83 bits per heavy atom. The van der Waals surface area contributed by atoms with Gasteiger partial charge in [-0.05, 0) is 42.9 Å². The molecule has 1 heterocycles. The molecule has 0 bridgehead atoms. The summed E-state index contributed by atoms with van der Waals surface area (Å²) < 4.78 is 5.28. The number of nitrogens with one attached hydrogen (secondary N) is 3. The molecule has 1 aliphatic carbocycles. The molecule has 24 heavy (non-hydrogen) atoms. The third kappa shape index (κ3) is 3.22. The number of ether oxygens (including phenoxy) is 1. The smallest absolute Gasteiger partial charge is 0.248 e. The Morgan fingerprint density at radius 1 is 1.33 bits per heavy atom. The van der Waals surface area contributed by atoms with Crippen molar-refractivity contribution in [3.8, 4) is 5.75 Å². The van der Waals surface area contributed by atoms with E-state index >= 15 is 0 Å². The lowest BCUT2D eigenvalue weighted by atomic mass is 9.73. The third-order valence-electron chi connectivity index (χ3n) is 5.01. The van der Waals surface area contributed by atoms with Gasteiger partial charge in [0.05, 0.1) is 18.7 Å². The van der Waals surface area contributed by atoms with Crippen molar-refractivity contribution in [3.63, 3.8) is 0 Å². The average molecular weight is 332 g/mol. The largest absolute Gasteiger partial charge is 0.495 e. The zero-order valence-corrected chi connectivity index (χ0v) is 14.0. The molecule has 2 aliphatic rings. The van der Waals surface area contributed by atoms with Gasteiger partial charge in [0.15, 0.2) is 0 Å². The van der Waals surface area contributed by atoms with E-state index in [4.69, 9.17) is 10.5 Å². The Morgan fingerprint density at radius 2 is 2.12 bits per heavy atom. The monoisotopic (exact) mass is 332 g/mol. The molecule has 1 saturated carbocycles. The second kappa shape index (κ2) is 6.78. The molecule has 130 valence electrons. The molecule has 4 atom stereocenters. The first kappa shape index (κ1) is 16.7. The summed E-state index contributed by atoms with van der Waals surface area (Å²) in [5.74, 6) is 0.738. The Bertz CT molecular complexity index is 649. The maximum absolute atomic E-state index is 12.9. The molecular weight excluding hydrogens is 308 g/mol. The van der Waals surface area contributed by atoms with E-state index in [9.17, 15) is 9.59 Å². The third-order valence-corrected chi connectivity index (χ3v) is 5.01. The van der Waals surface area contributed by atoms with Gasteiger partial charge < -0.3 is 15.8 Å². The summed E-state index contributed by atoms with van der Waals surface area (Å²) in [4.78, 5) is 24.2. The van der Waals surface area contributed by atoms with Crippen LogP contribution in [0.4, 0.5) is 5.69 Å². The highest BCUT2D eigenvalue weighted by Gasteiger charge is 2.42. The number of fused-ring (bicyclic) bond motifs is 1. The highest BCUT2D eigenvalue weighted by molar-refractivity contribution is 5.98. The number of primary amides is 1. The van der Waals surface area contributed by atoms with Crippen LogP contribution in [0.2, 0.25) is 0 Å². The van der Waals surface area contributed by atoms with Gasteiger partial charge in [0.2, 0.25) is 11.8 Å². The van der Waals surface area contributed by atoms with E-state index in [0.29, 0.717) is 28.8 Å². The summed E-state index contributed by atoms with van der Waals surface area (Å²) in [5, 5.41) is 2.92. The van der Waals surface area contributed by atoms with Crippen LogP contribution in [-0.2, 0) is 4.79 Å². The number of benzene rings is 1. The van der Waals surface area contributed by atoms with Crippen LogP contribution in [0.1, 0.15) is 30.1 Å². The molecule has 1 aliphatic heterocycles. The number of methoxy groups -OCH3 is 1. The first-order valence-electron chi connectivity index (χ1n) is 8.26. The SMILES string of the molecule is COc1ccc(C(N)=O)cc1NC(=O)C1CC(C)CC2CNNC21. The predicted molar refractivity (Wildman–Crippen MR) is 90.4 cm³/mol. The van der Waals surface area contributed by atoms with Crippen molar-refractivity contribution in [2.24, 2.45) is 23.5 Å². The minimum absolute atomic E-state index is 0.0623. The molecule has 2 amide bonds. The van der Waals surface area contributed by atoms with Gasteiger partial charge in [-0.25, -0.2) is 0 Å². The van der Waals surface area contributed by atoms with E-state index in [1.165, 1.54) is 7.11 Å². The average Bonchev–Trinajstić information content (AvgIpc) is 3.01. The van der Waals surface area contributed by atoms with E-state index in [2.05, 4.69) is 23.1 Å². The molecule has 7 nitrogen and oxygen atoms in total. The second-order valence-corrected chi connectivity index (χ2v) is 6.76. The number of amides is 2. The van der Waals surface area contributed by atoms with Gasteiger partial charge in [-0.15, -0.1) is 0 Å². The molecule has 1 saturated heterocycles. The molecule has 1 aromatic carbocycles. The van der Waals surface area contributed by atoms with Crippen LogP contribution in [0, 0.1) is 17.8 Å². The molecule has 4 unspecified atom stereocenters. The van der Waals surface area contributed by atoms with Gasteiger partial charge in [0, 0.05) is 18.2 Å². The first-order chi connectivity index (χ1) is 11.5. The number of anilines is 1. The highest BCUT2D eigenvalue weighted by Crippen LogP contribution is 2.36. The lowest BCUT2D eigenvalue weighted by molar-refractivity contribution is -0.122. The molecule has 0 radical (unpaired) electrons. The van der Waals surface area contributed by atoms with Crippen molar-refractivity contribution in [1.82, 2.24) is 10.9 Å². The number of hydrogen-bond donors (Lipinski definition) is 4. The lowest BCUT2D eigenvalue weighted by Gasteiger charge is -2.35. The van der Waals surface area contributed by atoms with Crippen LogP contribution in [0.15, 0.2) is 18.2 Å². The van der Waals surface area contributed by atoms with Crippen molar-refractivity contribution in [1.29, 1.82) is 0 Å². The van der Waals surface area contributed by atoms with Gasteiger partial charge >= 0.3 is 0 Å². The van der Waals surface area contributed by atoms with Crippen molar-refractivity contribution >= 4 is 17.5 Å². The Hall–Kier alpha value is -2.12. The van der Waals surface area contributed by atoms with Gasteiger partial charge in [-0.2, -0.15) is 0 Å². The maximum atomic E-state index is 12.9. The van der Waals surface area contributed by atoms with Crippen molar-refractivity contribution in [3.05, 3.63) is 23.8 Å². The molecule has 0 aromatic heterocycles. The van der Waals surface area contributed by atoms with Crippen LogP contribution >= 0.6 is 0 Å². The summed E-state index contributed by atoms with van der Waals surface area (Å²) in [6.45, 7) is 3.07. The topological polar surface area (TPSA) is 105 Å². The van der Waals surface area contributed by atoms with Crippen LogP contribution in [0.5, 0.6) is 5.75 Å². The number of carbonyl (C=O) groups is 2. The fourth-order valence-electron chi connectivity index (χ4n) is 3.86. The summed E-state index contributed by atoms with van der Waals surface area (Å²) in [6, 6.07) is 4.91. The van der Waals surface area contributed by atoms with Gasteiger partial charge in [0.25, 0.3) is 0 Å². The molecule has 7 heteroatoms. The van der Waals surface area contributed by atoms with Crippen LogP contribution in [-0.4, -0.2) is 31.5 Å². The number of hydrazine groups is 1. The van der Waals surface area contributed by atoms with E-state index in [1.807, 2.05) is 0 Å². The van der Waals surface area contributed by atoms with E-state index in [-0.39, 0.29) is 17.9 Å². The van der Waals surface area contributed by atoms with Crippen molar-refractivity contribution in [2.45, 2.75) is 25.8 Å². The normalized spacial score (nSPS) is 28.9. The van der Waals surface area contributed by atoms with E-state index < -0.39 is 5.91 Å². The Kier molecular flexibility index (Phi) is 4.73. The first-order valence-corrected chi connectivity index (χ1v) is 8.26. The summed E-state index contributed by atoms with van der Waals surface area (Å²) in [5.41, 5.74) is 12.5. The minimum Gasteiger partial charge on any atom is -0.495 e. The number of rotatable bonds is 4. The zero-order valence-electron chi connectivity index (χ0n) is 14.0. The zero-order chi connectivity index (χ0) is 17.3. The molecule has 0 spiro atoms. The van der Waals surface area contributed by atoms with E-state index in [1.54, 1.807) is 18.2 Å². The van der Waals surface area contributed by atoms with Gasteiger partial charge in [-0.1, -0.05) is 6.92 Å². The number of hydrogen-bond acceptors (Lipinski definition) is 5. The summed E-state index contributed by atoms with van der Waals surface area (Å²) in [6.07, 6.45) is 1.95. The van der Waals surface area contributed by atoms with Crippen LogP contribution in [0.3, 0.4) is 0 Å². The van der Waals surface area contributed by atoms with Crippen LogP contribution in [0.25, 0.3) is 0 Å². The van der Waals surface area contributed by atoms with Crippen LogP contribution < -0.4 is 26.6 Å². The van der Waals surface area contributed by atoms with Gasteiger partial charge in [-0.3, -0.25) is 20.4 Å². The predicted octanol–water partition coefficient (Wildman–Crippen LogP) is 0.871.